The molecule has 28 heavy (non-hydrogen) atoms. The van der Waals surface area contributed by atoms with Gasteiger partial charge in [0.2, 0.25) is 11.8 Å². The third-order valence-electron chi connectivity index (χ3n) is 5.36. The molecule has 6 heteroatoms. The lowest BCUT2D eigenvalue weighted by Crippen LogP contribution is -2.45. The van der Waals surface area contributed by atoms with Gasteiger partial charge in [0.1, 0.15) is 12.4 Å². The van der Waals surface area contributed by atoms with Gasteiger partial charge in [-0.15, -0.1) is 0 Å². The fourth-order valence-corrected chi connectivity index (χ4v) is 3.69. The maximum absolute atomic E-state index is 12.6. The minimum Gasteiger partial charge on any atom is -0.491 e. The zero-order valence-corrected chi connectivity index (χ0v) is 17.2. The van der Waals surface area contributed by atoms with Crippen LogP contribution in [0.5, 0.6) is 5.75 Å². The molecule has 1 unspecified atom stereocenters. The molecule has 154 valence electrons. The van der Waals surface area contributed by atoms with E-state index in [1.807, 2.05) is 49.9 Å². The van der Waals surface area contributed by atoms with Crippen molar-refractivity contribution in [1.29, 1.82) is 0 Å². The summed E-state index contributed by atoms with van der Waals surface area (Å²) < 4.78 is 11.4. The van der Waals surface area contributed by atoms with E-state index in [-0.39, 0.29) is 29.3 Å². The molecule has 0 saturated carbocycles. The summed E-state index contributed by atoms with van der Waals surface area (Å²) >= 11 is 0. The Morgan fingerprint density at radius 2 is 1.96 bits per heavy atom. The molecule has 2 heterocycles. The second-order valence-electron chi connectivity index (χ2n) is 8.78. The van der Waals surface area contributed by atoms with Crippen molar-refractivity contribution in [3.63, 3.8) is 0 Å². The molecule has 0 radical (unpaired) electrons. The van der Waals surface area contributed by atoms with E-state index in [0.29, 0.717) is 32.5 Å². The van der Waals surface area contributed by atoms with Crippen LogP contribution >= 0.6 is 0 Å². The topological polar surface area (TPSA) is 67.9 Å². The van der Waals surface area contributed by atoms with Crippen molar-refractivity contribution in [2.75, 3.05) is 31.6 Å². The lowest BCUT2D eigenvalue weighted by molar-refractivity contribution is -0.142. The number of carbonyl (C=O) groups excluding carboxylic acids is 2. The van der Waals surface area contributed by atoms with Crippen molar-refractivity contribution in [3.8, 4) is 5.75 Å². The normalized spacial score (nSPS) is 20.8. The van der Waals surface area contributed by atoms with Gasteiger partial charge in [0.05, 0.1) is 6.10 Å². The number of ether oxygens (including phenoxy) is 2. The lowest BCUT2D eigenvalue weighted by Gasteiger charge is -2.35. The molecule has 3 rings (SSSR count). The Kier molecular flexibility index (Phi) is 6.60. The van der Waals surface area contributed by atoms with Crippen molar-refractivity contribution >= 4 is 17.5 Å². The number of likely N-dealkylation sites (tertiary alicyclic amines) is 1. The molecule has 0 aliphatic carbocycles. The molecular formula is C22H32N2O4. The molecule has 2 saturated heterocycles. The van der Waals surface area contributed by atoms with Gasteiger partial charge in [0, 0.05) is 42.8 Å². The number of rotatable bonds is 5. The Hall–Kier alpha value is -2.08. The van der Waals surface area contributed by atoms with Crippen molar-refractivity contribution in [1.82, 2.24) is 4.90 Å². The standard InChI is InChI=1S/C22H32N2O4/c1-22(2,3)21(26)24-11-9-16(10-12-24)20(25)23-17-6-4-7-18(14-17)28-15-19-8-5-13-27-19/h4,6-7,14,16,19H,5,8-13,15H2,1-3H3,(H,23,25). The minimum atomic E-state index is -0.376. The number of anilines is 1. The molecule has 0 aromatic heterocycles. The predicted octanol–water partition coefficient (Wildman–Crippen LogP) is 3.47. The van der Waals surface area contributed by atoms with Crippen LogP contribution in [0.25, 0.3) is 0 Å². The first kappa shape index (κ1) is 20.6. The number of nitrogens with one attached hydrogen (secondary N) is 1. The van der Waals surface area contributed by atoms with Gasteiger partial charge >= 0.3 is 0 Å². The average Bonchev–Trinajstić information content (AvgIpc) is 3.19. The SMILES string of the molecule is CC(C)(C)C(=O)N1CCC(C(=O)Nc2cccc(OCC3CCCO3)c2)CC1. The molecule has 6 nitrogen and oxygen atoms in total. The third-order valence-corrected chi connectivity index (χ3v) is 5.36. The molecule has 2 aliphatic heterocycles. The first-order chi connectivity index (χ1) is 13.3. The van der Waals surface area contributed by atoms with Crippen LogP contribution in [0.1, 0.15) is 46.5 Å². The zero-order valence-electron chi connectivity index (χ0n) is 17.2. The lowest BCUT2D eigenvalue weighted by atomic mass is 9.90. The van der Waals surface area contributed by atoms with Crippen molar-refractivity contribution in [3.05, 3.63) is 24.3 Å². The number of hydrogen-bond donors (Lipinski definition) is 1. The summed E-state index contributed by atoms with van der Waals surface area (Å²) in [4.78, 5) is 26.9. The fourth-order valence-electron chi connectivity index (χ4n) is 3.69. The summed E-state index contributed by atoms with van der Waals surface area (Å²) in [6, 6.07) is 7.49. The molecule has 1 aromatic rings. The van der Waals surface area contributed by atoms with Gasteiger partial charge in [-0.3, -0.25) is 9.59 Å². The summed E-state index contributed by atoms with van der Waals surface area (Å²) in [5.74, 6) is 0.834. The summed E-state index contributed by atoms with van der Waals surface area (Å²) in [7, 11) is 0. The largest absolute Gasteiger partial charge is 0.491 e. The number of benzene rings is 1. The van der Waals surface area contributed by atoms with E-state index in [9.17, 15) is 9.59 Å². The van der Waals surface area contributed by atoms with Gasteiger partial charge < -0.3 is 19.7 Å². The summed E-state index contributed by atoms with van der Waals surface area (Å²) in [6.07, 6.45) is 3.68. The molecule has 1 atom stereocenters. The van der Waals surface area contributed by atoms with Gasteiger partial charge in [0.15, 0.2) is 0 Å². The molecule has 1 N–H and O–H groups in total. The van der Waals surface area contributed by atoms with Gasteiger partial charge in [-0.25, -0.2) is 0 Å². The molecule has 0 spiro atoms. The zero-order chi connectivity index (χ0) is 20.1. The maximum Gasteiger partial charge on any atom is 0.227 e. The Morgan fingerprint density at radius 1 is 1.21 bits per heavy atom. The highest BCUT2D eigenvalue weighted by Gasteiger charge is 2.32. The number of nitrogens with zero attached hydrogens (tertiary/aromatic N) is 1. The molecular weight excluding hydrogens is 356 g/mol. The summed E-state index contributed by atoms with van der Waals surface area (Å²) in [5, 5.41) is 3.00. The maximum atomic E-state index is 12.6. The Balaban J connectivity index is 1.48. The Bertz CT molecular complexity index is 684. The number of hydrogen-bond acceptors (Lipinski definition) is 4. The summed E-state index contributed by atoms with van der Waals surface area (Å²) in [5.41, 5.74) is 0.363. The van der Waals surface area contributed by atoms with E-state index in [4.69, 9.17) is 9.47 Å². The van der Waals surface area contributed by atoms with Crippen molar-refractivity contribution < 1.29 is 19.1 Å². The van der Waals surface area contributed by atoms with Crippen LogP contribution in [0, 0.1) is 11.3 Å². The second-order valence-corrected chi connectivity index (χ2v) is 8.78. The Morgan fingerprint density at radius 3 is 2.61 bits per heavy atom. The van der Waals surface area contributed by atoms with Crippen LogP contribution in [0.15, 0.2) is 24.3 Å². The van der Waals surface area contributed by atoms with E-state index in [0.717, 1.165) is 30.9 Å². The van der Waals surface area contributed by atoms with Crippen molar-refractivity contribution in [2.24, 2.45) is 11.3 Å². The molecule has 2 fully saturated rings. The quantitative estimate of drug-likeness (QED) is 0.839. The highest BCUT2D eigenvalue weighted by atomic mass is 16.5. The first-order valence-corrected chi connectivity index (χ1v) is 10.3. The minimum absolute atomic E-state index is 0.0131. The van der Waals surface area contributed by atoms with Crippen LogP contribution < -0.4 is 10.1 Å². The Labute approximate surface area is 167 Å². The number of piperidine rings is 1. The van der Waals surface area contributed by atoms with E-state index in [1.165, 1.54) is 0 Å². The molecule has 2 amide bonds. The first-order valence-electron chi connectivity index (χ1n) is 10.3. The summed E-state index contributed by atoms with van der Waals surface area (Å²) in [6.45, 7) is 8.42. The monoisotopic (exact) mass is 388 g/mol. The van der Waals surface area contributed by atoms with Gasteiger partial charge in [0.25, 0.3) is 0 Å². The van der Waals surface area contributed by atoms with Crippen LogP contribution in [0.3, 0.4) is 0 Å². The number of carbonyl (C=O) groups is 2. The second kappa shape index (κ2) is 8.95. The molecule has 2 aliphatic rings. The molecule has 1 aromatic carbocycles. The van der Waals surface area contributed by atoms with E-state index < -0.39 is 0 Å². The predicted molar refractivity (Wildman–Crippen MR) is 108 cm³/mol. The average molecular weight is 389 g/mol. The third kappa shape index (κ3) is 5.47. The highest BCUT2D eigenvalue weighted by molar-refractivity contribution is 5.93. The number of amides is 2. The van der Waals surface area contributed by atoms with Crippen LogP contribution in [0.4, 0.5) is 5.69 Å². The highest BCUT2D eigenvalue weighted by Crippen LogP contribution is 2.25. The smallest absolute Gasteiger partial charge is 0.227 e. The van der Waals surface area contributed by atoms with Crippen molar-refractivity contribution in [2.45, 2.75) is 52.6 Å². The van der Waals surface area contributed by atoms with Crippen LogP contribution in [0.2, 0.25) is 0 Å². The van der Waals surface area contributed by atoms with E-state index in [1.54, 1.807) is 0 Å². The van der Waals surface area contributed by atoms with E-state index >= 15 is 0 Å². The van der Waals surface area contributed by atoms with Gasteiger partial charge in [-0.05, 0) is 37.8 Å². The van der Waals surface area contributed by atoms with Crippen LogP contribution in [-0.4, -0.2) is 49.1 Å². The van der Waals surface area contributed by atoms with Gasteiger partial charge in [-0.2, -0.15) is 0 Å². The van der Waals surface area contributed by atoms with Gasteiger partial charge in [-0.1, -0.05) is 26.8 Å². The van der Waals surface area contributed by atoms with E-state index in [2.05, 4.69) is 5.32 Å². The molecule has 0 bridgehead atoms. The fraction of sp³-hybridized carbons (Fsp3) is 0.636. The van der Waals surface area contributed by atoms with Crippen LogP contribution in [-0.2, 0) is 14.3 Å².